The Bertz CT molecular complexity index is 1270. The average Bonchev–Trinajstić information content (AvgIpc) is 3.49. The number of carbonyl (C=O) groups is 2. The normalized spacial score (nSPS) is 20.1. The second kappa shape index (κ2) is 8.15. The second-order valence-corrected chi connectivity index (χ2v) is 8.40. The van der Waals surface area contributed by atoms with Crippen LogP contribution in [0.3, 0.4) is 0 Å². The number of fused-ring (bicyclic) bond motifs is 1. The lowest BCUT2D eigenvalue weighted by atomic mass is 10.1. The number of urea groups is 1. The number of aryl methyl sites for hydroxylation is 1. The number of benzene rings is 1. The Morgan fingerprint density at radius 2 is 1.94 bits per heavy atom. The number of anilines is 2. The third-order valence-electron chi connectivity index (χ3n) is 6.04. The standard InChI is InChI=1S/C21H20F3N7O3/c1-10-7-31-17(9-29(10)21(33)27-13-4-14(22)19(24)15(23)5-13)16(6-25-31)30-8-12(3-18(30)32)20-26-11(2)34-28-20/h4-6,10,12H,3,7-9H2,1-2H3,(H,27,33)/t10-,12?/m0/s1. The van der Waals surface area contributed by atoms with Crippen LogP contribution < -0.4 is 10.2 Å². The van der Waals surface area contributed by atoms with Gasteiger partial charge in [-0.3, -0.25) is 9.48 Å². The molecule has 0 saturated carbocycles. The summed E-state index contributed by atoms with van der Waals surface area (Å²) in [5, 5.41) is 10.7. The summed E-state index contributed by atoms with van der Waals surface area (Å²) >= 11 is 0. The van der Waals surface area contributed by atoms with Crippen molar-refractivity contribution in [2.75, 3.05) is 16.8 Å². The van der Waals surface area contributed by atoms with Gasteiger partial charge in [-0.25, -0.2) is 18.0 Å². The zero-order valence-electron chi connectivity index (χ0n) is 18.3. The summed E-state index contributed by atoms with van der Waals surface area (Å²) in [6.07, 6.45) is 1.79. The van der Waals surface area contributed by atoms with Crippen LogP contribution in [-0.2, 0) is 17.9 Å². The van der Waals surface area contributed by atoms with Crippen LogP contribution >= 0.6 is 0 Å². The van der Waals surface area contributed by atoms with Crippen molar-refractivity contribution < 1.29 is 27.3 Å². The molecule has 2 aromatic heterocycles. The highest BCUT2D eigenvalue weighted by atomic mass is 19.2. The molecule has 1 N–H and O–H groups in total. The van der Waals surface area contributed by atoms with Crippen molar-refractivity contribution in [3.8, 4) is 0 Å². The third kappa shape index (κ3) is 3.76. The van der Waals surface area contributed by atoms with Gasteiger partial charge < -0.3 is 19.6 Å². The number of hydrogen-bond donors (Lipinski definition) is 1. The fourth-order valence-electron chi connectivity index (χ4n) is 4.30. The number of amides is 3. The fraction of sp³-hybridized carbons (Fsp3) is 0.381. The highest BCUT2D eigenvalue weighted by Gasteiger charge is 2.38. The Hall–Kier alpha value is -3.90. The Morgan fingerprint density at radius 3 is 2.62 bits per heavy atom. The van der Waals surface area contributed by atoms with Crippen molar-refractivity contribution in [1.29, 1.82) is 0 Å². The van der Waals surface area contributed by atoms with Crippen molar-refractivity contribution in [2.45, 2.75) is 45.3 Å². The first-order valence-corrected chi connectivity index (χ1v) is 10.6. The number of nitrogens with one attached hydrogen (secondary N) is 1. The monoisotopic (exact) mass is 475 g/mol. The molecule has 1 saturated heterocycles. The molecule has 0 aliphatic carbocycles. The maximum Gasteiger partial charge on any atom is 0.322 e. The van der Waals surface area contributed by atoms with E-state index >= 15 is 0 Å². The van der Waals surface area contributed by atoms with E-state index in [4.69, 9.17) is 4.52 Å². The molecule has 1 aromatic carbocycles. The summed E-state index contributed by atoms with van der Waals surface area (Å²) in [6.45, 7) is 4.26. The minimum atomic E-state index is -1.61. The van der Waals surface area contributed by atoms with E-state index in [2.05, 4.69) is 20.6 Å². The van der Waals surface area contributed by atoms with E-state index in [1.807, 2.05) is 0 Å². The lowest BCUT2D eigenvalue weighted by molar-refractivity contribution is -0.117. The van der Waals surface area contributed by atoms with Gasteiger partial charge in [0.05, 0.1) is 36.7 Å². The Labute approximate surface area is 191 Å². The minimum Gasteiger partial charge on any atom is -0.340 e. The molecule has 3 aromatic rings. The molecule has 2 atom stereocenters. The first-order chi connectivity index (χ1) is 16.2. The van der Waals surface area contributed by atoms with Gasteiger partial charge in [0.2, 0.25) is 11.8 Å². The van der Waals surface area contributed by atoms with E-state index in [-0.39, 0.29) is 36.5 Å². The van der Waals surface area contributed by atoms with Crippen LogP contribution in [0.4, 0.5) is 29.3 Å². The van der Waals surface area contributed by atoms with E-state index in [0.29, 0.717) is 48.3 Å². The molecule has 10 nitrogen and oxygen atoms in total. The van der Waals surface area contributed by atoms with Gasteiger partial charge in [0.15, 0.2) is 23.3 Å². The van der Waals surface area contributed by atoms with Gasteiger partial charge in [0.25, 0.3) is 0 Å². The first kappa shape index (κ1) is 21.9. The summed E-state index contributed by atoms with van der Waals surface area (Å²) in [4.78, 5) is 32.9. The highest BCUT2D eigenvalue weighted by Crippen LogP contribution is 2.34. The van der Waals surface area contributed by atoms with E-state index in [1.54, 1.807) is 29.6 Å². The molecule has 5 rings (SSSR count). The zero-order valence-corrected chi connectivity index (χ0v) is 18.3. The summed E-state index contributed by atoms with van der Waals surface area (Å²) in [5.74, 6) is -3.89. The van der Waals surface area contributed by atoms with Gasteiger partial charge >= 0.3 is 6.03 Å². The smallest absolute Gasteiger partial charge is 0.322 e. The molecule has 0 radical (unpaired) electrons. The molecule has 3 amide bonds. The van der Waals surface area contributed by atoms with Crippen LogP contribution in [0.25, 0.3) is 0 Å². The third-order valence-corrected chi connectivity index (χ3v) is 6.04. The van der Waals surface area contributed by atoms with Gasteiger partial charge in [-0.05, 0) is 6.92 Å². The lowest BCUT2D eigenvalue weighted by Gasteiger charge is -2.35. The van der Waals surface area contributed by atoms with Crippen LogP contribution in [-0.4, -0.2) is 49.3 Å². The number of hydrogen-bond acceptors (Lipinski definition) is 6. The largest absolute Gasteiger partial charge is 0.340 e. The van der Waals surface area contributed by atoms with Crippen LogP contribution in [0.5, 0.6) is 0 Å². The molecular formula is C21H20F3N7O3. The molecule has 13 heteroatoms. The number of nitrogens with zero attached hydrogens (tertiary/aromatic N) is 6. The Morgan fingerprint density at radius 1 is 1.21 bits per heavy atom. The highest BCUT2D eigenvalue weighted by molar-refractivity contribution is 5.97. The van der Waals surface area contributed by atoms with Crippen molar-refractivity contribution >= 4 is 23.3 Å². The molecule has 178 valence electrons. The van der Waals surface area contributed by atoms with Crippen LogP contribution in [0.2, 0.25) is 0 Å². The molecule has 0 bridgehead atoms. The molecule has 2 aliphatic rings. The van der Waals surface area contributed by atoms with Gasteiger partial charge in [0.1, 0.15) is 0 Å². The molecule has 1 unspecified atom stereocenters. The van der Waals surface area contributed by atoms with Gasteiger partial charge in [0, 0.05) is 43.6 Å². The maximum atomic E-state index is 13.5. The van der Waals surface area contributed by atoms with Crippen LogP contribution in [0.1, 0.15) is 36.7 Å². The predicted octanol–water partition coefficient (Wildman–Crippen LogP) is 2.95. The van der Waals surface area contributed by atoms with E-state index < -0.39 is 23.5 Å². The fourth-order valence-corrected chi connectivity index (χ4v) is 4.30. The summed E-state index contributed by atoms with van der Waals surface area (Å²) < 4.78 is 47.1. The summed E-state index contributed by atoms with van der Waals surface area (Å²) in [7, 11) is 0. The number of carbonyl (C=O) groups excluding carboxylic acids is 2. The van der Waals surface area contributed by atoms with E-state index in [1.165, 1.54) is 4.90 Å². The lowest BCUT2D eigenvalue weighted by Crippen LogP contribution is -2.47. The van der Waals surface area contributed by atoms with Crippen LogP contribution in [0.15, 0.2) is 22.9 Å². The molecule has 34 heavy (non-hydrogen) atoms. The van der Waals surface area contributed by atoms with Crippen molar-refractivity contribution in [3.05, 3.63) is 53.2 Å². The summed E-state index contributed by atoms with van der Waals surface area (Å²) in [5.41, 5.74) is 1.00. The molecule has 2 aliphatic heterocycles. The molecule has 4 heterocycles. The maximum absolute atomic E-state index is 13.5. The summed E-state index contributed by atoms with van der Waals surface area (Å²) in [6, 6.07) is 0.496. The zero-order chi connectivity index (χ0) is 24.1. The average molecular weight is 475 g/mol. The number of rotatable bonds is 3. The van der Waals surface area contributed by atoms with Crippen molar-refractivity contribution in [3.63, 3.8) is 0 Å². The number of aromatic nitrogens is 4. The topological polar surface area (TPSA) is 109 Å². The number of halogens is 3. The second-order valence-electron chi connectivity index (χ2n) is 8.40. The van der Waals surface area contributed by atoms with Crippen molar-refractivity contribution in [2.24, 2.45) is 0 Å². The molecule has 1 fully saturated rings. The van der Waals surface area contributed by atoms with Gasteiger partial charge in [-0.1, -0.05) is 5.16 Å². The van der Waals surface area contributed by atoms with Crippen molar-refractivity contribution in [1.82, 2.24) is 24.8 Å². The predicted molar refractivity (Wildman–Crippen MR) is 111 cm³/mol. The van der Waals surface area contributed by atoms with Crippen LogP contribution in [0, 0.1) is 24.4 Å². The van der Waals surface area contributed by atoms with Gasteiger partial charge in [-0.2, -0.15) is 10.1 Å². The molecular weight excluding hydrogens is 455 g/mol. The van der Waals surface area contributed by atoms with E-state index in [0.717, 1.165) is 0 Å². The van der Waals surface area contributed by atoms with E-state index in [9.17, 15) is 22.8 Å². The SMILES string of the molecule is Cc1nc(C2CC(=O)N(c3cnn4c3CN(C(=O)Nc3cc(F)c(F)c(F)c3)[C@@H](C)C4)C2)no1. The minimum absolute atomic E-state index is 0.101. The first-order valence-electron chi connectivity index (χ1n) is 10.6. The van der Waals surface area contributed by atoms with Gasteiger partial charge in [-0.15, -0.1) is 0 Å². The quantitative estimate of drug-likeness (QED) is 0.584. The molecule has 0 spiro atoms. The Kier molecular flexibility index (Phi) is 5.25. The Balaban J connectivity index is 1.36.